The summed E-state index contributed by atoms with van der Waals surface area (Å²) in [6, 6.07) is 23.6. The highest BCUT2D eigenvalue weighted by Crippen LogP contribution is 2.26. The van der Waals surface area contributed by atoms with Gasteiger partial charge in [0.25, 0.3) is 5.56 Å². The molecule has 0 spiro atoms. The normalized spacial score (nSPS) is 11.0. The number of anilines is 1. The predicted molar refractivity (Wildman–Crippen MR) is 131 cm³/mol. The van der Waals surface area contributed by atoms with Gasteiger partial charge >= 0.3 is 0 Å². The Morgan fingerprint density at radius 1 is 0.882 bits per heavy atom. The second-order valence-electron chi connectivity index (χ2n) is 7.71. The lowest BCUT2D eigenvalue weighted by Crippen LogP contribution is -2.20. The van der Waals surface area contributed by atoms with Crippen molar-refractivity contribution in [3.8, 4) is 22.8 Å². The number of ether oxygens (including phenoxy) is 2. The van der Waals surface area contributed by atoms with Crippen molar-refractivity contribution >= 4 is 28.4 Å². The molecule has 0 fully saturated rings. The Kier molecular flexibility index (Phi) is 5.47. The quantitative estimate of drug-likeness (QED) is 0.420. The van der Waals surface area contributed by atoms with E-state index >= 15 is 0 Å². The average Bonchev–Trinajstić information content (AvgIpc) is 3.18. The topological polar surface area (TPSA) is 86.9 Å². The molecule has 1 amide bonds. The average molecular weight is 454 g/mol. The zero-order valence-corrected chi connectivity index (χ0v) is 18.7. The minimum absolute atomic E-state index is 0.0405. The highest BCUT2D eigenvalue weighted by molar-refractivity contribution is 5.93. The van der Waals surface area contributed by atoms with Gasteiger partial charge in [0.05, 0.1) is 30.9 Å². The Labute approximate surface area is 195 Å². The molecule has 170 valence electrons. The third-order valence-electron chi connectivity index (χ3n) is 5.56. The molecule has 5 aromatic rings. The van der Waals surface area contributed by atoms with E-state index in [4.69, 9.17) is 14.5 Å². The van der Waals surface area contributed by atoms with E-state index in [9.17, 15) is 9.59 Å². The Morgan fingerprint density at radius 2 is 1.53 bits per heavy atom. The van der Waals surface area contributed by atoms with E-state index in [0.29, 0.717) is 34.2 Å². The van der Waals surface area contributed by atoms with E-state index in [2.05, 4.69) is 5.32 Å². The van der Waals surface area contributed by atoms with Crippen molar-refractivity contribution in [3.63, 3.8) is 0 Å². The fourth-order valence-electron chi connectivity index (χ4n) is 4.00. The number of hydrogen-bond donors (Lipinski definition) is 1. The zero-order chi connectivity index (χ0) is 23.7. The van der Waals surface area contributed by atoms with E-state index in [1.807, 2.05) is 54.6 Å². The smallest absolute Gasteiger partial charge is 0.260 e. The molecule has 0 atom stereocenters. The number of hydrogen-bond acceptors (Lipinski definition) is 5. The van der Waals surface area contributed by atoms with Gasteiger partial charge in [-0.1, -0.05) is 42.5 Å². The molecule has 0 aliphatic carbocycles. The number of carbonyl (C=O) groups excluding carboxylic acids is 1. The van der Waals surface area contributed by atoms with Gasteiger partial charge in [0.15, 0.2) is 0 Å². The number of nitrogens with zero attached hydrogens (tertiary/aromatic N) is 3. The maximum absolute atomic E-state index is 13.1. The Morgan fingerprint density at radius 3 is 2.21 bits per heavy atom. The molecule has 0 saturated carbocycles. The van der Waals surface area contributed by atoms with Crippen molar-refractivity contribution in [2.45, 2.75) is 6.54 Å². The van der Waals surface area contributed by atoms with Crippen LogP contribution in [0.3, 0.4) is 0 Å². The molecule has 0 aliphatic rings. The van der Waals surface area contributed by atoms with Crippen LogP contribution in [0.15, 0.2) is 83.7 Å². The van der Waals surface area contributed by atoms with Crippen molar-refractivity contribution in [2.75, 3.05) is 19.5 Å². The predicted octanol–water partition coefficient (Wildman–Crippen LogP) is 3.97. The van der Waals surface area contributed by atoms with Crippen LogP contribution in [-0.2, 0) is 11.3 Å². The summed E-state index contributed by atoms with van der Waals surface area (Å²) >= 11 is 0. The van der Waals surface area contributed by atoms with Gasteiger partial charge in [-0.25, -0.2) is 9.38 Å². The molecule has 3 aromatic carbocycles. The maximum atomic E-state index is 13.1. The first-order valence-corrected chi connectivity index (χ1v) is 10.7. The summed E-state index contributed by atoms with van der Waals surface area (Å²) in [4.78, 5) is 30.9. The van der Waals surface area contributed by atoms with E-state index in [1.54, 1.807) is 37.0 Å². The zero-order valence-electron chi connectivity index (χ0n) is 18.7. The van der Waals surface area contributed by atoms with E-state index < -0.39 is 0 Å². The summed E-state index contributed by atoms with van der Waals surface area (Å²) < 4.78 is 13.8. The molecule has 5 rings (SSSR count). The van der Waals surface area contributed by atoms with Crippen LogP contribution in [0.1, 0.15) is 0 Å². The monoisotopic (exact) mass is 454 g/mol. The molecule has 0 saturated heterocycles. The number of rotatable bonds is 6. The number of imidazole rings is 1. The number of para-hydroxylation sites is 2. The molecule has 34 heavy (non-hydrogen) atoms. The van der Waals surface area contributed by atoms with Gasteiger partial charge in [-0.05, 0) is 12.1 Å². The summed E-state index contributed by atoms with van der Waals surface area (Å²) in [6.45, 7) is -0.0405. The fraction of sp³-hybridized carbons (Fsp3) is 0.115. The molecule has 0 bridgehead atoms. The maximum Gasteiger partial charge on any atom is 0.260 e. The van der Waals surface area contributed by atoms with Crippen LogP contribution < -0.4 is 20.3 Å². The molecule has 8 nitrogen and oxygen atoms in total. The van der Waals surface area contributed by atoms with Crippen molar-refractivity contribution in [2.24, 2.45) is 0 Å². The third kappa shape index (κ3) is 3.86. The minimum Gasteiger partial charge on any atom is -0.497 e. The van der Waals surface area contributed by atoms with Crippen LogP contribution in [0.5, 0.6) is 11.5 Å². The number of aromatic nitrogens is 3. The van der Waals surface area contributed by atoms with Gasteiger partial charge < -0.3 is 19.4 Å². The molecule has 8 heteroatoms. The van der Waals surface area contributed by atoms with Crippen molar-refractivity contribution in [1.29, 1.82) is 0 Å². The Bertz CT molecular complexity index is 1550. The number of nitrogens with one attached hydrogen (secondary N) is 1. The van der Waals surface area contributed by atoms with Gasteiger partial charge in [0, 0.05) is 35.5 Å². The minimum atomic E-state index is -0.280. The molecule has 2 heterocycles. The third-order valence-corrected chi connectivity index (χ3v) is 5.56. The summed E-state index contributed by atoms with van der Waals surface area (Å²) in [5.74, 6) is 1.24. The Hall–Kier alpha value is -4.59. The number of fused-ring (bicyclic) bond motifs is 3. The lowest BCUT2D eigenvalue weighted by molar-refractivity contribution is -0.116. The first-order chi connectivity index (χ1) is 16.6. The number of carbonyl (C=O) groups is 1. The van der Waals surface area contributed by atoms with E-state index in [-0.39, 0.29) is 18.0 Å². The second kappa shape index (κ2) is 8.74. The van der Waals surface area contributed by atoms with Crippen LogP contribution in [0, 0.1) is 0 Å². The van der Waals surface area contributed by atoms with Gasteiger partial charge in [0.1, 0.15) is 18.0 Å². The van der Waals surface area contributed by atoms with Crippen molar-refractivity contribution in [1.82, 2.24) is 14.0 Å². The number of benzene rings is 3. The second-order valence-corrected chi connectivity index (χ2v) is 7.71. The molecular formula is C26H22N4O4. The standard InChI is InChI=1S/C26H22N4O4/c1-33-19-12-18(13-20(14-19)34-2)27-24(31)16-29-22-10-6-7-11-23(22)30-25(32)15-21(28-26(29)30)17-8-4-3-5-9-17/h3-15H,16H2,1-2H3,(H,27,31). The van der Waals surface area contributed by atoms with Crippen LogP contribution >= 0.6 is 0 Å². The molecule has 0 unspecified atom stereocenters. The summed E-state index contributed by atoms with van der Waals surface area (Å²) in [6.07, 6.45) is 0. The first-order valence-electron chi connectivity index (χ1n) is 10.7. The highest BCUT2D eigenvalue weighted by atomic mass is 16.5. The van der Waals surface area contributed by atoms with Gasteiger partial charge in [0.2, 0.25) is 11.7 Å². The van der Waals surface area contributed by atoms with Crippen LogP contribution in [0.25, 0.3) is 28.1 Å². The molecule has 2 aromatic heterocycles. The summed E-state index contributed by atoms with van der Waals surface area (Å²) in [5.41, 5.74) is 3.12. The Balaban J connectivity index is 1.59. The number of amides is 1. The number of methoxy groups -OCH3 is 2. The fourth-order valence-corrected chi connectivity index (χ4v) is 4.00. The van der Waals surface area contributed by atoms with E-state index in [1.165, 1.54) is 10.5 Å². The van der Waals surface area contributed by atoms with Gasteiger partial charge in [-0.15, -0.1) is 0 Å². The highest BCUT2D eigenvalue weighted by Gasteiger charge is 2.17. The lowest BCUT2D eigenvalue weighted by atomic mass is 10.1. The van der Waals surface area contributed by atoms with Crippen LogP contribution in [0.4, 0.5) is 5.69 Å². The largest absolute Gasteiger partial charge is 0.497 e. The summed E-state index contributed by atoms with van der Waals surface area (Å²) in [7, 11) is 3.10. The molecule has 0 radical (unpaired) electrons. The SMILES string of the molecule is COc1cc(NC(=O)Cn2c3ccccc3n3c(=O)cc(-c4ccccc4)nc23)cc(OC)c1. The van der Waals surface area contributed by atoms with Gasteiger partial charge in [-0.2, -0.15) is 0 Å². The van der Waals surface area contributed by atoms with Crippen LogP contribution in [0.2, 0.25) is 0 Å². The molecule has 0 aliphatic heterocycles. The summed E-state index contributed by atoms with van der Waals surface area (Å²) in [5, 5.41) is 2.89. The van der Waals surface area contributed by atoms with Crippen molar-refractivity contribution < 1.29 is 14.3 Å². The van der Waals surface area contributed by atoms with Crippen LogP contribution in [-0.4, -0.2) is 34.1 Å². The van der Waals surface area contributed by atoms with Gasteiger partial charge in [-0.3, -0.25) is 9.59 Å². The van der Waals surface area contributed by atoms with E-state index in [0.717, 1.165) is 11.1 Å². The molecular weight excluding hydrogens is 432 g/mol. The molecule has 1 N–H and O–H groups in total. The lowest BCUT2D eigenvalue weighted by Gasteiger charge is -2.11. The first kappa shape index (κ1) is 21.3. The van der Waals surface area contributed by atoms with Crippen molar-refractivity contribution in [3.05, 3.63) is 89.2 Å².